The third-order valence-electron chi connectivity index (χ3n) is 8.27. The Bertz CT molecular complexity index is 2530. The van der Waals surface area contributed by atoms with E-state index in [-0.39, 0.29) is 5.56 Å². The van der Waals surface area contributed by atoms with Gasteiger partial charge in [-0.15, -0.1) is 0 Å². The quantitative estimate of drug-likeness (QED) is 0.195. The van der Waals surface area contributed by atoms with Crippen LogP contribution < -0.4 is 5.56 Å². The van der Waals surface area contributed by atoms with Gasteiger partial charge in [0, 0.05) is 32.7 Å². The van der Waals surface area contributed by atoms with Gasteiger partial charge in [0.2, 0.25) is 5.95 Å². The zero-order chi connectivity index (χ0) is 30.7. The van der Waals surface area contributed by atoms with Crippen molar-refractivity contribution in [3.63, 3.8) is 0 Å². The van der Waals surface area contributed by atoms with Crippen LogP contribution in [-0.2, 0) is 0 Å². The van der Waals surface area contributed by atoms with Gasteiger partial charge < -0.3 is 0 Å². The second-order valence-corrected chi connectivity index (χ2v) is 10.7. The van der Waals surface area contributed by atoms with Crippen LogP contribution >= 0.6 is 0 Å². The molecule has 4 heterocycles. The highest BCUT2D eigenvalue weighted by Gasteiger charge is 2.24. The fourth-order valence-electron chi connectivity index (χ4n) is 6.40. The Morgan fingerprint density at radius 3 is 1.76 bits per heavy atom. The Morgan fingerprint density at radius 2 is 1.11 bits per heavy atom. The molecule has 0 aliphatic heterocycles. The van der Waals surface area contributed by atoms with Gasteiger partial charge in [-0.1, -0.05) is 111 Å². The monoisotopic (exact) mass is 584 g/mol. The molecule has 0 fully saturated rings. The molecule has 9 rings (SSSR count). The number of hydrogen-bond acceptors (Lipinski definition) is 5. The molecular weight excluding hydrogens is 556 g/mol. The molecule has 0 atom stereocenters. The highest BCUT2D eigenvalue weighted by atomic mass is 16.1. The van der Waals surface area contributed by atoms with E-state index in [4.69, 9.17) is 19.9 Å². The van der Waals surface area contributed by atoms with E-state index in [1.807, 2.05) is 118 Å². The molecular formula is C38H28N6O. The summed E-state index contributed by atoms with van der Waals surface area (Å²) in [5.74, 6) is 2.36. The van der Waals surface area contributed by atoms with E-state index in [9.17, 15) is 4.79 Å². The zero-order valence-corrected chi connectivity index (χ0v) is 25.1. The van der Waals surface area contributed by atoms with Crippen molar-refractivity contribution in [2.24, 2.45) is 0 Å². The average molecular weight is 585 g/mol. The maximum absolute atomic E-state index is 13.6. The van der Waals surface area contributed by atoms with Crippen molar-refractivity contribution in [2.75, 3.05) is 0 Å². The number of aromatic nitrogens is 6. The van der Waals surface area contributed by atoms with Crippen molar-refractivity contribution in [1.29, 1.82) is 0 Å². The zero-order valence-electron chi connectivity index (χ0n) is 25.1. The van der Waals surface area contributed by atoms with E-state index in [2.05, 4.69) is 22.8 Å². The van der Waals surface area contributed by atoms with E-state index < -0.39 is 0 Å². The topological polar surface area (TPSA) is 78.0 Å². The van der Waals surface area contributed by atoms with Crippen molar-refractivity contribution < 1.29 is 0 Å². The van der Waals surface area contributed by atoms with Crippen molar-refractivity contribution in [3.8, 4) is 28.7 Å². The van der Waals surface area contributed by atoms with Gasteiger partial charge in [-0.25, -0.2) is 9.97 Å². The van der Waals surface area contributed by atoms with Gasteiger partial charge in [-0.3, -0.25) is 13.8 Å². The van der Waals surface area contributed by atoms with Gasteiger partial charge in [0.1, 0.15) is 5.82 Å². The van der Waals surface area contributed by atoms with Gasteiger partial charge in [0.05, 0.1) is 22.1 Å². The molecule has 0 unspecified atom stereocenters. The summed E-state index contributed by atoms with van der Waals surface area (Å²) in [7, 11) is 0. The molecule has 7 heteroatoms. The summed E-state index contributed by atoms with van der Waals surface area (Å²) in [4.78, 5) is 33.7. The van der Waals surface area contributed by atoms with E-state index in [1.165, 1.54) is 0 Å². The molecule has 0 aliphatic rings. The Balaban J connectivity index is 0.00000147. The highest BCUT2D eigenvalue weighted by molar-refractivity contribution is 6.26. The second-order valence-electron chi connectivity index (χ2n) is 10.7. The Morgan fingerprint density at radius 1 is 0.556 bits per heavy atom. The van der Waals surface area contributed by atoms with E-state index in [0.29, 0.717) is 28.8 Å². The van der Waals surface area contributed by atoms with Crippen LogP contribution in [-0.4, -0.2) is 28.9 Å². The summed E-state index contributed by atoms with van der Waals surface area (Å²) in [6, 6.07) is 38.1. The second kappa shape index (κ2) is 10.3. The number of nitrogens with zero attached hydrogens (tertiary/aromatic N) is 6. The highest BCUT2D eigenvalue weighted by Crippen LogP contribution is 2.40. The smallest absolute Gasteiger partial charge is 0.264 e. The first-order chi connectivity index (χ1) is 22.2. The van der Waals surface area contributed by atoms with Crippen molar-refractivity contribution in [1.82, 2.24) is 28.9 Å². The van der Waals surface area contributed by atoms with Crippen LogP contribution in [0.3, 0.4) is 0 Å². The molecule has 5 aromatic carbocycles. The number of benzene rings is 5. The van der Waals surface area contributed by atoms with E-state index >= 15 is 0 Å². The lowest BCUT2D eigenvalue weighted by atomic mass is 10.0. The molecule has 0 aliphatic carbocycles. The van der Waals surface area contributed by atoms with Crippen molar-refractivity contribution in [2.45, 2.75) is 20.8 Å². The summed E-state index contributed by atoms with van der Waals surface area (Å²) < 4.78 is 3.86. The minimum absolute atomic E-state index is 0.0522. The lowest BCUT2D eigenvalue weighted by molar-refractivity contribution is 0.954. The van der Waals surface area contributed by atoms with Crippen LogP contribution in [0.2, 0.25) is 0 Å². The summed E-state index contributed by atoms with van der Waals surface area (Å²) in [5, 5.41) is 4.50. The predicted octanol–water partition coefficient (Wildman–Crippen LogP) is 8.39. The van der Waals surface area contributed by atoms with Crippen molar-refractivity contribution >= 4 is 49.0 Å². The minimum atomic E-state index is -0.0522. The Hall–Kier alpha value is -5.95. The molecule has 4 aromatic heterocycles. The molecule has 0 radical (unpaired) electrons. The number of para-hydroxylation sites is 1. The van der Waals surface area contributed by atoms with Crippen LogP contribution in [0.5, 0.6) is 0 Å². The van der Waals surface area contributed by atoms with E-state index in [0.717, 1.165) is 54.7 Å². The van der Waals surface area contributed by atoms with Gasteiger partial charge in [0.15, 0.2) is 11.6 Å². The molecule has 0 spiro atoms. The normalized spacial score (nSPS) is 11.5. The number of hydrogen-bond donors (Lipinski definition) is 0. The van der Waals surface area contributed by atoms with Gasteiger partial charge in [-0.05, 0) is 30.5 Å². The number of fused-ring (bicyclic) bond motifs is 6. The summed E-state index contributed by atoms with van der Waals surface area (Å²) >= 11 is 0. The molecule has 0 N–H and O–H groups in total. The molecule has 7 nitrogen and oxygen atoms in total. The first-order valence-corrected chi connectivity index (χ1v) is 15.1. The standard InChI is InChI=1S/C36H22N6O.C2H6/c1-21-37-31-30-26-18-10-11-19-28(26)42(29(30)20-27-24-16-8-9-17-25(24)35(43)41(21)32(27)31)36-39-33(22-12-4-2-5-13-22)38-34(40-36)23-14-6-3-7-15-23;1-2/h2-20H,1H3;1-2H3. The molecule has 0 saturated carbocycles. The first kappa shape index (κ1) is 26.7. The third-order valence-corrected chi connectivity index (χ3v) is 8.27. The number of aryl methyl sites for hydroxylation is 1. The molecule has 0 amide bonds. The first-order valence-electron chi connectivity index (χ1n) is 15.1. The molecule has 0 bridgehead atoms. The van der Waals surface area contributed by atoms with Crippen LogP contribution in [0.25, 0.3) is 77.7 Å². The Labute approximate surface area is 258 Å². The SMILES string of the molecule is CC.Cc1nc2c3c4ccccc4n(-c4nc(-c5ccccc5)nc(-c5ccccc5)n4)c3cc3c4ccccc4c(=O)n1c32. The Kier molecular flexibility index (Phi) is 6.13. The van der Waals surface area contributed by atoms with Crippen LogP contribution in [0.15, 0.2) is 120 Å². The average Bonchev–Trinajstić information content (AvgIpc) is 3.63. The summed E-state index contributed by atoms with van der Waals surface area (Å²) in [6.07, 6.45) is 0. The minimum Gasteiger partial charge on any atom is -0.278 e. The molecule has 9 aromatic rings. The number of rotatable bonds is 3. The van der Waals surface area contributed by atoms with Crippen molar-refractivity contribution in [3.05, 3.63) is 131 Å². The maximum Gasteiger partial charge on any atom is 0.264 e. The van der Waals surface area contributed by atoms with Gasteiger partial charge >= 0.3 is 0 Å². The fourth-order valence-corrected chi connectivity index (χ4v) is 6.40. The fraction of sp³-hybridized carbons (Fsp3) is 0.0789. The number of imidazole rings is 1. The lowest BCUT2D eigenvalue weighted by Crippen LogP contribution is -2.14. The van der Waals surface area contributed by atoms with Crippen LogP contribution in [0.1, 0.15) is 19.7 Å². The number of pyridine rings is 1. The lowest BCUT2D eigenvalue weighted by Gasteiger charge is -2.11. The summed E-state index contributed by atoms with van der Waals surface area (Å²) in [6.45, 7) is 5.89. The van der Waals surface area contributed by atoms with Crippen LogP contribution in [0.4, 0.5) is 0 Å². The molecule has 216 valence electrons. The van der Waals surface area contributed by atoms with E-state index in [1.54, 1.807) is 4.40 Å². The predicted molar refractivity (Wildman–Crippen MR) is 182 cm³/mol. The molecule has 0 saturated heterocycles. The third kappa shape index (κ3) is 3.94. The maximum atomic E-state index is 13.6. The summed E-state index contributed by atoms with van der Waals surface area (Å²) in [5.41, 5.74) is 5.26. The van der Waals surface area contributed by atoms with Gasteiger partial charge in [0.25, 0.3) is 5.56 Å². The van der Waals surface area contributed by atoms with Gasteiger partial charge in [-0.2, -0.15) is 9.97 Å². The van der Waals surface area contributed by atoms with Crippen LogP contribution in [0, 0.1) is 6.92 Å². The molecule has 45 heavy (non-hydrogen) atoms. The largest absolute Gasteiger partial charge is 0.278 e.